The third-order valence-electron chi connectivity index (χ3n) is 12.2. The molecule has 2 aliphatic carbocycles. The average Bonchev–Trinajstić information content (AvgIpc) is 3.25. The second-order valence-corrected chi connectivity index (χ2v) is 19.9. The van der Waals surface area contributed by atoms with Crippen LogP contribution < -0.4 is 10.6 Å². The highest BCUT2D eigenvalue weighted by Gasteiger charge is 2.39. The molecule has 6 aromatic carbocycles. The lowest BCUT2D eigenvalue weighted by Crippen LogP contribution is -2.20. The molecule has 0 bridgehead atoms. The van der Waals surface area contributed by atoms with E-state index in [0.29, 0.717) is 11.1 Å². The summed E-state index contributed by atoms with van der Waals surface area (Å²) < 4.78 is 68.8. The van der Waals surface area contributed by atoms with E-state index in [0.717, 1.165) is 18.5 Å². The van der Waals surface area contributed by atoms with Gasteiger partial charge in [0.25, 0.3) is 20.2 Å². The Morgan fingerprint density at radius 1 is 0.500 bits per heavy atom. The molecule has 6 aromatic rings. The van der Waals surface area contributed by atoms with Gasteiger partial charge in [-0.3, -0.25) is 18.7 Å². The second kappa shape index (κ2) is 16.6. The Hall–Kier alpha value is -7.64. The van der Waals surface area contributed by atoms with Crippen LogP contribution in [0.4, 0.5) is 11.4 Å². The lowest BCUT2D eigenvalue weighted by atomic mass is 9.75. The maximum absolute atomic E-state index is 14.2. The van der Waals surface area contributed by atoms with Crippen LogP contribution in [0.3, 0.4) is 0 Å². The molecule has 0 amide bonds. The number of rotatable bonds is 9. The fourth-order valence-corrected chi connectivity index (χ4v) is 10.7. The van der Waals surface area contributed by atoms with Crippen LogP contribution in [0.5, 0.6) is 23.0 Å². The number of phenolic OH excluding ortho intramolecular Hbond substituents is 4. The van der Waals surface area contributed by atoms with Crippen LogP contribution in [-0.4, -0.2) is 68.1 Å². The summed E-state index contributed by atoms with van der Waals surface area (Å²) in [5.74, 6) is -6.17. The van der Waals surface area contributed by atoms with Gasteiger partial charge in [0, 0.05) is 73.4 Å². The van der Waals surface area contributed by atoms with Crippen molar-refractivity contribution in [1.29, 1.82) is 0 Å². The summed E-state index contributed by atoms with van der Waals surface area (Å²) in [6.45, 7) is 10.2. The van der Waals surface area contributed by atoms with Crippen molar-refractivity contribution in [3.63, 3.8) is 0 Å². The number of aliphatic hydroxyl groups excluding tert-OH is 2. The van der Waals surface area contributed by atoms with E-state index in [4.69, 9.17) is 0 Å². The summed E-state index contributed by atoms with van der Waals surface area (Å²) in [6, 6.07) is 16.4. The molecule has 2 aliphatic rings. The third-order valence-corrected chi connectivity index (χ3v) is 14.0. The van der Waals surface area contributed by atoms with Crippen LogP contribution in [0.25, 0.3) is 55.0 Å². The number of aryl methyl sites for hydroxylation is 2. The molecule has 0 radical (unpaired) electrons. The van der Waals surface area contributed by atoms with Crippen LogP contribution in [-0.2, 0) is 29.8 Å². The minimum Gasteiger partial charge on any atom is -0.507 e. The number of phenols is 4. The molecule has 0 atom stereocenters. The predicted octanol–water partition coefficient (Wildman–Crippen LogP) is 9.51. The maximum Gasteiger partial charge on any atom is 0.295 e. The summed E-state index contributed by atoms with van der Waals surface area (Å²) in [6.07, 6.45) is 2.24. The molecule has 0 saturated carbocycles. The smallest absolute Gasteiger partial charge is 0.295 e. The minimum absolute atomic E-state index is 0.00428. The van der Waals surface area contributed by atoms with Crippen molar-refractivity contribution in [3.05, 3.63) is 130 Å². The van der Waals surface area contributed by atoms with Crippen molar-refractivity contribution < 1.29 is 66.2 Å². The molecule has 350 valence electrons. The Kier molecular flexibility index (Phi) is 11.4. The van der Waals surface area contributed by atoms with Crippen LogP contribution in [0, 0.1) is 25.7 Å². The van der Waals surface area contributed by atoms with Gasteiger partial charge in [0.05, 0.1) is 22.5 Å². The van der Waals surface area contributed by atoms with Gasteiger partial charge in [0.2, 0.25) is 11.6 Å². The number of carbonyl (C=O) groups is 2. The Morgan fingerprint density at radius 2 is 0.912 bits per heavy atom. The molecule has 0 aliphatic heterocycles. The average molecular weight is 961 g/mol. The highest BCUT2D eigenvalue weighted by Crippen LogP contribution is 2.54. The maximum atomic E-state index is 14.2. The number of fused-ring (bicyclic) bond motifs is 4. The first-order valence-corrected chi connectivity index (χ1v) is 23.8. The molecule has 16 nitrogen and oxygen atoms in total. The van der Waals surface area contributed by atoms with E-state index in [1.807, 2.05) is 0 Å². The lowest BCUT2D eigenvalue weighted by Gasteiger charge is -2.29. The Balaban J connectivity index is 1.36. The molecular weight excluding hydrogens is 917 g/mol. The van der Waals surface area contributed by atoms with Gasteiger partial charge in [0.1, 0.15) is 32.8 Å². The zero-order chi connectivity index (χ0) is 49.6. The first-order valence-electron chi connectivity index (χ1n) is 20.9. The molecule has 0 aromatic heterocycles. The SMILES string of the molecule is Cc1cc2c(c(O)c1-c1c(C)cc3c(c1O)/C(=C/Nc1c(O)cc(S(=O)(=O)O)c4ccccc14)C(=O)C(O)=C3C(C)C)/C(=C/Nc1c(O)ccc3c(S(=O)(=O)O)cccc13)C(=O)C(O)=C2C(C)C. The van der Waals surface area contributed by atoms with Gasteiger partial charge in [-0.1, -0.05) is 76.2 Å². The molecule has 0 spiro atoms. The molecule has 0 unspecified atom stereocenters. The van der Waals surface area contributed by atoms with Gasteiger partial charge in [-0.25, -0.2) is 0 Å². The van der Waals surface area contributed by atoms with E-state index in [9.17, 15) is 66.2 Å². The number of anilines is 2. The topological polar surface area (TPSA) is 288 Å². The van der Waals surface area contributed by atoms with E-state index in [2.05, 4.69) is 10.6 Å². The van der Waals surface area contributed by atoms with Crippen molar-refractivity contribution in [2.45, 2.75) is 51.3 Å². The number of hydrogen-bond donors (Lipinski definition) is 10. The standard InChI is InChI=1S/C50H44N2O14S2/c1-21(2)37-29-16-23(5)39(47(57)41(29)31(45(55)49(37)59)19-51-43-28-12-9-13-35(67(61,62)63)26(28)14-15-33(43)53)40-24(6)17-30-38(22(3)4)50(60)46(56)32(42(30)48(40)58)20-52-44-27-11-8-7-10-25(27)36(18-34(44)54)68(64,65)66/h7-22,51-54,57-60H,1-6H3,(H,61,62,63)(H,64,65,66)/b31-19-,32-20-. The number of aromatic hydroxyl groups is 4. The Morgan fingerprint density at radius 3 is 1.35 bits per heavy atom. The highest BCUT2D eigenvalue weighted by molar-refractivity contribution is 7.86. The number of carbonyl (C=O) groups excluding carboxylic acids is 2. The molecule has 0 saturated heterocycles. The van der Waals surface area contributed by atoms with E-state index < -0.39 is 82.2 Å². The normalized spacial score (nSPS) is 15.6. The third kappa shape index (κ3) is 7.47. The number of nitrogens with one attached hydrogen (secondary N) is 2. The second-order valence-electron chi connectivity index (χ2n) is 17.2. The van der Waals surface area contributed by atoms with E-state index in [1.165, 1.54) is 48.5 Å². The number of ketones is 2. The first kappa shape index (κ1) is 46.9. The van der Waals surface area contributed by atoms with Crippen LogP contribution in [0.1, 0.15) is 61.1 Å². The summed E-state index contributed by atoms with van der Waals surface area (Å²) in [7, 11) is -9.52. The van der Waals surface area contributed by atoms with Gasteiger partial charge in [-0.15, -0.1) is 0 Å². The lowest BCUT2D eigenvalue weighted by molar-refractivity contribution is -0.113. The molecular formula is C50H44N2O14S2. The van der Waals surface area contributed by atoms with Crippen LogP contribution in [0.15, 0.2) is 107 Å². The quantitative estimate of drug-likeness (QED) is 0.0367. The number of aliphatic hydroxyl groups is 2. The van der Waals surface area contributed by atoms with Gasteiger partial charge in [-0.05, 0) is 66.1 Å². The van der Waals surface area contributed by atoms with Gasteiger partial charge in [0.15, 0.2) is 11.5 Å². The largest absolute Gasteiger partial charge is 0.507 e. The summed E-state index contributed by atoms with van der Waals surface area (Å²) in [5.41, 5.74) is 0.598. The van der Waals surface area contributed by atoms with Gasteiger partial charge in [-0.2, -0.15) is 16.8 Å². The van der Waals surface area contributed by atoms with Gasteiger partial charge < -0.3 is 41.3 Å². The van der Waals surface area contributed by atoms with E-state index >= 15 is 0 Å². The molecule has 0 heterocycles. The number of benzene rings is 6. The fraction of sp³-hybridized carbons (Fsp3) is 0.160. The molecule has 10 N–H and O–H groups in total. The summed E-state index contributed by atoms with van der Waals surface area (Å²) >= 11 is 0. The number of hydrogen-bond acceptors (Lipinski definition) is 14. The molecule has 8 rings (SSSR count). The van der Waals surface area contributed by atoms with E-state index in [1.54, 1.807) is 59.7 Å². The van der Waals surface area contributed by atoms with E-state index in [-0.39, 0.29) is 94.3 Å². The van der Waals surface area contributed by atoms with Crippen molar-refractivity contribution in [2.75, 3.05) is 10.6 Å². The van der Waals surface area contributed by atoms with Crippen molar-refractivity contribution in [1.82, 2.24) is 0 Å². The predicted molar refractivity (Wildman–Crippen MR) is 258 cm³/mol. The number of allylic oxidation sites excluding steroid dienone is 4. The van der Waals surface area contributed by atoms with Crippen molar-refractivity contribution in [2.24, 2.45) is 11.8 Å². The number of Topliss-reactive ketones (excluding diaryl/α,β-unsaturated/α-hetero) is 2. The molecule has 68 heavy (non-hydrogen) atoms. The minimum atomic E-state index is -4.80. The Bertz CT molecular complexity index is 3500. The molecule has 0 fully saturated rings. The summed E-state index contributed by atoms with van der Waals surface area (Å²) in [5, 5.41) is 76.1. The Labute approximate surface area is 389 Å². The fourth-order valence-electron chi connectivity index (χ4n) is 9.30. The van der Waals surface area contributed by atoms with Crippen molar-refractivity contribution >= 4 is 87.0 Å². The highest BCUT2D eigenvalue weighted by atomic mass is 32.2. The van der Waals surface area contributed by atoms with Crippen molar-refractivity contribution in [3.8, 4) is 34.1 Å². The van der Waals surface area contributed by atoms with Gasteiger partial charge >= 0.3 is 0 Å². The molecule has 18 heteroatoms. The first-order chi connectivity index (χ1) is 31.9. The summed E-state index contributed by atoms with van der Waals surface area (Å²) in [4.78, 5) is 27.5. The van der Waals surface area contributed by atoms with Crippen LogP contribution in [0.2, 0.25) is 0 Å². The van der Waals surface area contributed by atoms with Crippen LogP contribution >= 0.6 is 0 Å². The monoisotopic (exact) mass is 960 g/mol. The zero-order valence-corrected chi connectivity index (χ0v) is 38.7. The zero-order valence-electron chi connectivity index (χ0n) is 37.1.